The summed E-state index contributed by atoms with van der Waals surface area (Å²) in [6.07, 6.45) is -7.92. The van der Waals surface area contributed by atoms with Gasteiger partial charge in [-0.1, -0.05) is 78.9 Å². The topological polar surface area (TPSA) is 12.9 Å². The van der Waals surface area contributed by atoms with Crippen molar-refractivity contribution in [1.29, 1.82) is 0 Å². The lowest BCUT2D eigenvalue weighted by molar-refractivity contribution is -0.138. The van der Waals surface area contributed by atoms with E-state index >= 15 is 0 Å². The van der Waals surface area contributed by atoms with Gasteiger partial charge in [0.15, 0.2) is 0 Å². The van der Waals surface area contributed by atoms with Crippen LogP contribution in [0.25, 0.3) is 22.4 Å². The Labute approximate surface area is 235 Å². The molecule has 5 aromatic rings. The van der Waals surface area contributed by atoms with Gasteiger partial charge in [-0.15, -0.1) is 0 Å². The Kier molecular flexibility index (Phi) is 8.27. The van der Waals surface area contributed by atoms with E-state index in [4.69, 9.17) is 0 Å². The van der Waals surface area contributed by atoms with E-state index in [1.165, 1.54) is 28.8 Å². The van der Waals surface area contributed by atoms with Gasteiger partial charge in [0, 0.05) is 11.3 Å². The number of rotatable bonds is 7. The molecule has 1 nitrogen and oxygen atoms in total. The van der Waals surface area contributed by atoms with Crippen molar-refractivity contribution in [2.45, 2.75) is 18.8 Å². The molecule has 0 aliphatic rings. The SMILES string of the molecule is FC(F)(F)c1cccc(-c2cc(-c3cccc(CCP(c4ccccc4)c4ccccc4)n3)cc(C(F)(F)F)c2)c1. The molecule has 0 saturated heterocycles. The highest BCUT2D eigenvalue weighted by Gasteiger charge is 2.33. The summed E-state index contributed by atoms with van der Waals surface area (Å²) in [5.74, 6) is 0. The second-order valence-electron chi connectivity index (χ2n) is 9.46. The molecule has 1 heterocycles. The van der Waals surface area contributed by atoms with E-state index in [-0.39, 0.29) is 16.7 Å². The smallest absolute Gasteiger partial charge is 0.253 e. The van der Waals surface area contributed by atoms with Crippen molar-refractivity contribution in [1.82, 2.24) is 4.98 Å². The second-order valence-corrected chi connectivity index (χ2v) is 11.8. The molecule has 5 rings (SSSR count). The Hall–Kier alpha value is -3.96. The lowest BCUT2D eigenvalue weighted by Gasteiger charge is -2.19. The molecule has 0 spiro atoms. The first-order valence-corrected chi connectivity index (χ1v) is 14.3. The minimum absolute atomic E-state index is 0.0322. The number of alkyl halides is 6. The molecule has 0 atom stereocenters. The predicted molar refractivity (Wildman–Crippen MR) is 153 cm³/mol. The van der Waals surface area contributed by atoms with Crippen LogP contribution in [0.5, 0.6) is 0 Å². The van der Waals surface area contributed by atoms with Crippen LogP contribution in [-0.4, -0.2) is 11.1 Å². The number of aryl methyl sites for hydroxylation is 1. The lowest BCUT2D eigenvalue weighted by atomic mass is 9.96. The molecule has 41 heavy (non-hydrogen) atoms. The monoisotopic (exact) mass is 579 g/mol. The summed E-state index contributed by atoms with van der Waals surface area (Å²) < 4.78 is 81.5. The van der Waals surface area contributed by atoms with Crippen LogP contribution in [-0.2, 0) is 18.8 Å². The average molecular weight is 580 g/mol. The summed E-state index contributed by atoms with van der Waals surface area (Å²) in [6, 6.07) is 33.2. The van der Waals surface area contributed by atoms with Crippen molar-refractivity contribution in [3.05, 3.63) is 138 Å². The third kappa shape index (κ3) is 7.04. The van der Waals surface area contributed by atoms with Gasteiger partial charge < -0.3 is 0 Å². The van der Waals surface area contributed by atoms with Crippen molar-refractivity contribution in [2.24, 2.45) is 0 Å². The molecular formula is C33H24F6NP. The highest BCUT2D eigenvalue weighted by atomic mass is 31.1. The van der Waals surface area contributed by atoms with Crippen LogP contribution >= 0.6 is 7.92 Å². The van der Waals surface area contributed by atoms with Crippen LogP contribution in [0.15, 0.2) is 121 Å². The summed E-state index contributed by atoms with van der Waals surface area (Å²) >= 11 is 0. The zero-order valence-electron chi connectivity index (χ0n) is 21.6. The summed E-state index contributed by atoms with van der Waals surface area (Å²) in [6.45, 7) is 0. The molecule has 0 radical (unpaired) electrons. The largest absolute Gasteiger partial charge is 0.416 e. The number of halogens is 6. The fourth-order valence-electron chi connectivity index (χ4n) is 4.61. The predicted octanol–water partition coefficient (Wildman–Crippen LogP) is 9.13. The molecule has 0 bridgehead atoms. The fourth-order valence-corrected chi connectivity index (χ4v) is 6.94. The van der Waals surface area contributed by atoms with Gasteiger partial charge in [0.1, 0.15) is 0 Å². The molecule has 0 saturated carbocycles. The first-order valence-electron chi connectivity index (χ1n) is 12.8. The summed E-state index contributed by atoms with van der Waals surface area (Å²) in [7, 11) is -0.688. The van der Waals surface area contributed by atoms with E-state index < -0.39 is 31.4 Å². The van der Waals surface area contributed by atoms with Crippen LogP contribution in [0.1, 0.15) is 16.8 Å². The van der Waals surface area contributed by atoms with Gasteiger partial charge in [0.2, 0.25) is 0 Å². The Morgan fingerprint density at radius 3 is 1.68 bits per heavy atom. The van der Waals surface area contributed by atoms with Gasteiger partial charge >= 0.3 is 12.4 Å². The van der Waals surface area contributed by atoms with Gasteiger partial charge in [-0.05, 0) is 84.7 Å². The summed E-state index contributed by atoms with van der Waals surface area (Å²) in [5.41, 5.74) is -0.578. The number of aromatic nitrogens is 1. The first kappa shape index (κ1) is 28.6. The van der Waals surface area contributed by atoms with Crippen molar-refractivity contribution in [3.63, 3.8) is 0 Å². The van der Waals surface area contributed by atoms with Gasteiger partial charge in [0.05, 0.1) is 16.8 Å². The van der Waals surface area contributed by atoms with Crippen LogP contribution < -0.4 is 10.6 Å². The van der Waals surface area contributed by atoms with Crippen LogP contribution in [0.3, 0.4) is 0 Å². The molecule has 0 amide bonds. The van der Waals surface area contributed by atoms with E-state index in [0.29, 0.717) is 12.1 Å². The highest BCUT2D eigenvalue weighted by molar-refractivity contribution is 7.73. The van der Waals surface area contributed by atoms with Crippen LogP contribution in [0.4, 0.5) is 26.3 Å². The average Bonchev–Trinajstić information content (AvgIpc) is 2.97. The number of benzene rings is 4. The Morgan fingerprint density at radius 1 is 0.512 bits per heavy atom. The first-order chi connectivity index (χ1) is 19.6. The normalized spacial score (nSPS) is 12.1. The van der Waals surface area contributed by atoms with E-state index in [1.54, 1.807) is 12.1 Å². The maximum absolute atomic E-state index is 13.9. The minimum Gasteiger partial charge on any atom is -0.253 e. The molecule has 4 aromatic carbocycles. The van der Waals surface area contributed by atoms with Crippen LogP contribution in [0.2, 0.25) is 0 Å². The maximum Gasteiger partial charge on any atom is 0.416 e. The molecular weight excluding hydrogens is 555 g/mol. The highest BCUT2D eigenvalue weighted by Crippen LogP contribution is 2.38. The third-order valence-corrected chi connectivity index (χ3v) is 9.13. The summed E-state index contributed by atoms with van der Waals surface area (Å²) in [4.78, 5) is 4.68. The molecule has 1 aromatic heterocycles. The van der Waals surface area contributed by atoms with E-state index in [2.05, 4.69) is 29.2 Å². The van der Waals surface area contributed by atoms with Gasteiger partial charge in [-0.25, -0.2) is 0 Å². The van der Waals surface area contributed by atoms with E-state index in [9.17, 15) is 26.3 Å². The molecule has 0 aliphatic carbocycles. The van der Waals surface area contributed by atoms with Gasteiger partial charge in [-0.3, -0.25) is 4.98 Å². The zero-order valence-corrected chi connectivity index (χ0v) is 22.5. The van der Waals surface area contributed by atoms with Crippen molar-refractivity contribution in [2.75, 3.05) is 6.16 Å². The molecule has 8 heteroatoms. The minimum atomic E-state index is -4.69. The molecule has 0 fully saturated rings. The Morgan fingerprint density at radius 2 is 1.07 bits per heavy atom. The van der Waals surface area contributed by atoms with E-state index in [0.717, 1.165) is 36.1 Å². The quantitative estimate of drug-likeness (QED) is 0.138. The van der Waals surface area contributed by atoms with Crippen molar-refractivity contribution < 1.29 is 26.3 Å². The fraction of sp³-hybridized carbons (Fsp3) is 0.121. The number of nitrogens with zero attached hydrogens (tertiary/aromatic N) is 1. The Bertz CT molecular complexity index is 1580. The maximum atomic E-state index is 13.9. The zero-order chi connectivity index (χ0) is 29.0. The molecule has 0 aliphatic heterocycles. The Balaban J connectivity index is 1.48. The number of hydrogen-bond acceptors (Lipinski definition) is 1. The van der Waals surface area contributed by atoms with E-state index in [1.807, 2.05) is 42.5 Å². The van der Waals surface area contributed by atoms with Gasteiger partial charge in [0.25, 0.3) is 0 Å². The molecule has 0 unspecified atom stereocenters. The van der Waals surface area contributed by atoms with Gasteiger partial charge in [-0.2, -0.15) is 26.3 Å². The second kappa shape index (κ2) is 11.9. The lowest BCUT2D eigenvalue weighted by Crippen LogP contribution is -2.15. The third-order valence-electron chi connectivity index (χ3n) is 6.61. The standard InChI is InChI=1S/C33H24F6NP/c34-32(35,36)26-10-7-9-23(20-26)24-19-25(22-27(21-24)33(37,38)39)31-16-8-11-28(40-31)17-18-41(29-12-3-1-4-13-29)30-14-5-2-6-15-30/h1-16,19-22H,17-18H2. The van der Waals surface area contributed by atoms with Crippen molar-refractivity contribution >= 4 is 18.5 Å². The molecule has 0 N–H and O–H groups in total. The number of pyridine rings is 1. The summed E-state index contributed by atoms with van der Waals surface area (Å²) in [5, 5.41) is 2.43. The number of hydrogen-bond donors (Lipinski definition) is 0. The van der Waals surface area contributed by atoms with Crippen LogP contribution in [0, 0.1) is 0 Å². The molecule has 208 valence electrons. The van der Waals surface area contributed by atoms with Crippen molar-refractivity contribution in [3.8, 4) is 22.4 Å².